The van der Waals surface area contributed by atoms with Crippen molar-refractivity contribution >= 4 is 17.3 Å². The Morgan fingerprint density at radius 3 is 2.85 bits per heavy atom. The average Bonchev–Trinajstić information content (AvgIpc) is 3.01. The van der Waals surface area contributed by atoms with Gasteiger partial charge in [-0.25, -0.2) is 4.39 Å². The van der Waals surface area contributed by atoms with Crippen LogP contribution in [0.4, 0.5) is 15.8 Å². The van der Waals surface area contributed by atoms with Crippen molar-refractivity contribution in [2.24, 2.45) is 0 Å². The van der Waals surface area contributed by atoms with Crippen molar-refractivity contribution in [3.8, 4) is 0 Å². The van der Waals surface area contributed by atoms with Crippen LogP contribution in [0.25, 0.3) is 0 Å². The fourth-order valence-corrected chi connectivity index (χ4v) is 2.49. The number of carbonyl (C=O) groups excluding carboxylic acids is 1. The van der Waals surface area contributed by atoms with Crippen LogP contribution in [-0.2, 0) is 6.54 Å². The summed E-state index contributed by atoms with van der Waals surface area (Å²) < 4.78 is 14.8. The van der Waals surface area contributed by atoms with Crippen LogP contribution in [0.5, 0.6) is 0 Å². The highest BCUT2D eigenvalue weighted by Gasteiger charge is 2.15. The molecule has 132 valence electrons. The molecule has 0 unspecified atom stereocenters. The molecule has 0 fully saturated rings. The number of halogens is 1. The summed E-state index contributed by atoms with van der Waals surface area (Å²) in [5.41, 5.74) is 1.73. The standard InChI is InChI=1S/C18H15FN4O3/c1-12-5-6-14(8-17(12)23(25)26)18(24)21-16-9-20-22(11-16)10-13-3-2-4-15(19)7-13/h2-9,11H,10H2,1H3,(H,21,24). The lowest BCUT2D eigenvalue weighted by Gasteiger charge is -2.04. The molecule has 2 aromatic carbocycles. The molecule has 3 rings (SSSR count). The monoisotopic (exact) mass is 354 g/mol. The molecule has 26 heavy (non-hydrogen) atoms. The third-order valence-corrected chi connectivity index (χ3v) is 3.79. The van der Waals surface area contributed by atoms with Crippen LogP contribution in [0.2, 0.25) is 0 Å². The zero-order valence-corrected chi connectivity index (χ0v) is 13.8. The second kappa shape index (κ2) is 7.14. The molecule has 7 nitrogen and oxygen atoms in total. The smallest absolute Gasteiger partial charge is 0.273 e. The number of aryl methyl sites for hydroxylation is 1. The van der Waals surface area contributed by atoms with Gasteiger partial charge in [0.15, 0.2) is 0 Å². The number of nitro benzene ring substituents is 1. The minimum atomic E-state index is -0.525. The first-order chi connectivity index (χ1) is 12.4. The number of hydrogen-bond donors (Lipinski definition) is 1. The lowest BCUT2D eigenvalue weighted by atomic mass is 10.1. The molecule has 1 heterocycles. The summed E-state index contributed by atoms with van der Waals surface area (Å²) in [5, 5.41) is 17.8. The van der Waals surface area contributed by atoms with E-state index >= 15 is 0 Å². The highest BCUT2D eigenvalue weighted by molar-refractivity contribution is 6.04. The Bertz CT molecular complexity index is 984. The third kappa shape index (κ3) is 3.92. The van der Waals surface area contributed by atoms with Gasteiger partial charge < -0.3 is 5.32 Å². The Morgan fingerprint density at radius 2 is 2.12 bits per heavy atom. The lowest BCUT2D eigenvalue weighted by Crippen LogP contribution is -2.12. The molecule has 3 aromatic rings. The molecule has 0 bridgehead atoms. The number of nitrogens with zero attached hydrogens (tertiary/aromatic N) is 3. The SMILES string of the molecule is Cc1ccc(C(=O)Nc2cnn(Cc3cccc(F)c3)c2)cc1[N+](=O)[O-]. The predicted molar refractivity (Wildman–Crippen MR) is 93.5 cm³/mol. The van der Waals surface area contributed by atoms with Crippen LogP contribution >= 0.6 is 0 Å². The van der Waals surface area contributed by atoms with Crippen molar-refractivity contribution in [2.75, 3.05) is 5.32 Å². The molecule has 0 saturated carbocycles. The molecule has 8 heteroatoms. The van der Waals surface area contributed by atoms with Crippen molar-refractivity contribution in [1.29, 1.82) is 0 Å². The predicted octanol–water partition coefficient (Wildman–Crippen LogP) is 3.54. The van der Waals surface area contributed by atoms with E-state index in [2.05, 4.69) is 10.4 Å². The molecular weight excluding hydrogens is 339 g/mol. The average molecular weight is 354 g/mol. The number of nitro groups is 1. The Hall–Kier alpha value is -3.55. The quantitative estimate of drug-likeness (QED) is 0.560. The van der Waals surface area contributed by atoms with Gasteiger partial charge in [0.25, 0.3) is 11.6 Å². The second-order valence-corrected chi connectivity index (χ2v) is 5.77. The Morgan fingerprint density at radius 1 is 1.31 bits per heavy atom. The van der Waals surface area contributed by atoms with Crippen molar-refractivity contribution in [3.63, 3.8) is 0 Å². The molecule has 0 saturated heterocycles. The van der Waals surface area contributed by atoms with E-state index in [1.54, 1.807) is 29.9 Å². The number of rotatable bonds is 5. The first-order valence-electron chi connectivity index (χ1n) is 7.75. The summed E-state index contributed by atoms with van der Waals surface area (Å²) in [4.78, 5) is 22.8. The van der Waals surface area contributed by atoms with Gasteiger partial charge in [-0.15, -0.1) is 0 Å². The number of aromatic nitrogens is 2. The minimum Gasteiger partial charge on any atom is -0.319 e. The Kier molecular flexibility index (Phi) is 4.74. The normalized spacial score (nSPS) is 10.5. The molecular formula is C18H15FN4O3. The number of benzene rings is 2. The highest BCUT2D eigenvalue weighted by atomic mass is 19.1. The summed E-state index contributed by atoms with van der Waals surface area (Å²) in [6.45, 7) is 1.96. The number of amides is 1. The van der Waals surface area contributed by atoms with Crippen LogP contribution in [0, 0.1) is 22.9 Å². The van der Waals surface area contributed by atoms with Gasteiger partial charge >= 0.3 is 0 Å². The van der Waals surface area contributed by atoms with Crippen molar-refractivity contribution < 1.29 is 14.1 Å². The fourth-order valence-electron chi connectivity index (χ4n) is 2.49. The zero-order chi connectivity index (χ0) is 18.7. The van der Waals surface area contributed by atoms with E-state index in [9.17, 15) is 19.3 Å². The van der Waals surface area contributed by atoms with Gasteiger partial charge in [-0.3, -0.25) is 19.6 Å². The van der Waals surface area contributed by atoms with Crippen LogP contribution < -0.4 is 5.32 Å². The summed E-state index contributed by atoms with van der Waals surface area (Å²) >= 11 is 0. The Labute approximate surface area is 148 Å². The van der Waals surface area contributed by atoms with Gasteiger partial charge in [0.1, 0.15) is 5.82 Å². The van der Waals surface area contributed by atoms with Gasteiger partial charge in [0.05, 0.1) is 23.4 Å². The molecule has 0 radical (unpaired) electrons. The first-order valence-corrected chi connectivity index (χ1v) is 7.75. The van der Waals surface area contributed by atoms with Gasteiger partial charge in [-0.1, -0.05) is 18.2 Å². The summed E-state index contributed by atoms with van der Waals surface area (Å²) in [6.07, 6.45) is 3.06. The molecule has 0 aliphatic carbocycles. The number of hydrogen-bond acceptors (Lipinski definition) is 4. The van der Waals surface area contributed by atoms with Gasteiger partial charge in [0.2, 0.25) is 0 Å². The summed E-state index contributed by atoms with van der Waals surface area (Å²) in [7, 11) is 0. The van der Waals surface area contributed by atoms with Crippen LogP contribution in [0.3, 0.4) is 0 Å². The van der Waals surface area contributed by atoms with E-state index in [1.807, 2.05) is 0 Å². The van der Waals surface area contributed by atoms with Gasteiger partial charge in [-0.2, -0.15) is 5.10 Å². The third-order valence-electron chi connectivity index (χ3n) is 3.79. The van der Waals surface area contributed by atoms with E-state index in [4.69, 9.17) is 0 Å². The van der Waals surface area contributed by atoms with E-state index in [0.717, 1.165) is 5.56 Å². The van der Waals surface area contributed by atoms with E-state index in [-0.39, 0.29) is 17.1 Å². The molecule has 1 amide bonds. The number of carbonyl (C=O) groups is 1. The van der Waals surface area contributed by atoms with Crippen LogP contribution in [-0.4, -0.2) is 20.6 Å². The maximum absolute atomic E-state index is 13.2. The maximum atomic E-state index is 13.2. The highest BCUT2D eigenvalue weighted by Crippen LogP contribution is 2.20. The minimum absolute atomic E-state index is 0.112. The van der Waals surface area contributed by atoms with E-state index < -0.39 is 10.8 Å². The van der Waals surface area contributed by atoms with Crippen LogP contribution in [0.15, 0.2) is 54.9 Å². The van der Waals surface area contributed by atoms with E-state index in [1.165, 1.54) is 36.5 Å². The van der Waals surface area contributed by atoms with Crippen LogP contribution in [0.1, 0.15) is 21.5 Å². The summed E-state index contributed by atoms with van der Waals surface area (Å²) in [5.74, 6) is -0.803. The van der Waals surface area contributed by atoms with Crippen molar-refractivity contribution in [1.82, 2.24) is 9.78 Å². The van der Waals surface area contributed by atoms with Gasteiger partial charge in [0, 0.05) is 23.4 Å². The Balaban J connectivity index is 1.72. The van der Waals surface area contributed by atoms with Crippen molar-refractivity contribution in [2.45, 2.75) is 13.5 Å². The topological polar surface area (TPSA) is 90.1 Å². The fraction of sp³-hybridized carbons (Fsp3) is 0.111. The molecule has 0 aliphatic rings. The second-order valence-electron chi connectivity index (χ2n) is 5.77. The largest absolute Gasteiger partial charge is 0.319 e. The van der Waals surface area contributed by atoms with Crippen molar-refractivity contribution in [3.05, 3.63) is 87.5 Å². The molecule has 1 aromatic heterocycles. The number of anilines is 1. The lowest BCUT2D eigenvalue weighted by molar-refractivity contribution is -0.385. The first kappa shape index (κ1) is 17.3. The molecule has 0 spiro atoms. The molecule has 0 atom stereocenters. The zero-order valence-electron chi connectivity index (χ0n) is 13.8. The molecule has 0 aliphatic heterocycles. The number of nitrogens with one attached hydrogen (secondary N) is 1. The maximum Gasteiger partial charge on any atom is 0.273 e. The van der Waals surface area contributed by atoms with Gasteiger partial charge in [-0.05, 0) is 30.7 Å². The van der Waals surface area contributed by atoms with E-state index in [0.29, 0.717) is 17.8 Å². The molecule has 1 N–H and O–H groups in total. The summed E-state index contributed by atoms with van der Waals surface area (Å²) in [6, 6.07) is 10.4.